The van der Waals surface area contributed by atoms with Crippen molar-refractivity contribution < 1.29 is 31.8 Å². The van der Waals surface area contributed by atoms with Gasteiger partial charge in [0.15, 0.2) is 6.61 Å². The average Bonchev–Trinajstić information content (AvgIpc) is 3.03. The molecule has 1 aliphatic carbocycles. The number of nitrogens with two attached hydrogens (primary N) is 1. The predicted molar refractivity (Wildman–Crippen MR) is 126 cm³/mol. The van der Waals surface area contributed by atoms with Crippen LogP contribution in [0, 0.1) is 23.1 Å². The van der Waals surface area contributed by atoms with Crippen molar-refractivity contribution in [3.8, 4) is 16.9 Å². The van der Waals surface area contributed by atoms with Crippen LogP contribution in [0.4, 0.5) is 22.4 Å². The number of fused-ring (bicyclic) bond motifs is 4. The third-order valence-electron chi connectivity index (χ3n) is 8.19. The highest BCUT2D eigenvalue weighted by molar-refractivity contribution is 5.69. The maximum Gasteiger partial charge on any atom is 0.422 e. The van der Waals surface area contributed by atoms with Gasteiger partial charge in [-0.05, 0) is 72.7 Å². The molecule has 0 spiro atoms. The van der Waals surface area contributed by atoms with Gasteiger partial charge in [0, 0.05) is 23.9 Å². The fourth-order valence-electron chi connectivity index (χ4n) is 6.79. The molecule has 2 aromatic carbocycles. The summed E-state index contributed by atoms with van der Waals surface area (Å²) >= 11 is 0. The minimum atomic E-state index is -4.52. The Labute approximate surface area is 207 Å². The van der Waals surface area contributed by atoms with E-state index in [1.165, 1.54) is 12.1 Å². The fourth-order valence-corrected chi connectivity index (χ4v) is 6.79. The maximum absolute atomic E-state index is 14.3. The largest absolute Gasteiger partial charge is 0.484 e. The van der Waals surface area contributed by atoms with Crippen molar-refractivity contribution in [1.82, 2.24) is 4.90 Å². The Morgan fingerprint density at radius 1 is 1.11 bits per heavy atom. The summed E-state index contributed by atoms with van der Waals surface area (Å²) in [5.74, 6) is -0.381. The zero-order valence-corrected chi connectivity index (χ0v) is 20.3. The van der Waals surface area contributed by atoms with Crippen LogP contribution in [0.25, 0.3) is 11.1 Å². The zero-order valence-electron chi connectivity index (χ0n) is 20.3. The summed E-state index contributed by atoms with van der Waals surface area (Å²) in [6.45, 7) is 5.57. The molecule has 1 amide bonds. The number of amides is 1. The van der Waals surface area contributed by atoms with E-state index in [1.54, 1.807) is 6.07 Å². The van der Waals surface area contributed by atoms with Gasteiger partial charge in [0.25, 0.3) is 0 Å². The van der Waals surface area contributed by atoms with Crippen LogP contribution in [0.1, 0.15) is 37.8 Å². The normalized spacial score (nSPS) is 28.6. The summed E-state index contributed by atoms with van der Waals surface area (Å²) in [6.07, 6.45) is -2.64. The van der Waals surface area contributed by atoms with Crippen LogP contribution in [0.15, 0.2) is 36.4 Å². The molecule has 9 heteroatoms. The average molecular weight is 507 g/mol. The van der Waals surface area contributed by atoms with Crippen molar-refractivity contribution in [2.75, 3.05) is 26.2 Å². The standard InChI is InChI=1S/C27H30F4N2O3/c1-25(2)13-19-9-17(18-10-20(28)12-21(11-18)35-15-26(29,30)31)3-4-22(19)27(25,36-24(32)34)23-14-33-7-5-16(23)6-8-33/h3-4,9-12,16,23H,5-8,13-15H2,1-2H3,(H2,32,34)/t23-,27-/m1/s1. The van der Waals surface area contributed by atoms with E-state index in [9.17, 15) is 22.4 Å². The second kappa shape index (κ2) is 8.64. The Bertz CT molecular complexity index is 1170. The number of halogens is 4. The second-order valence-electron chi connectivity index (χ2n) is 10.9. The number of carbonyl (C=O) groups is 1. The lowest BCUT2D eigenvalue weighted by Gasteiger charge is -2.55. The Morgan fingerprint density at radius 2 is 1.83 bits per heavy atom. The molecule has 0 aromatic heterocycles. The topological polar surface area (TPSA) is 64.8 Å². The number of carbonyl (C=O) groups excluding carboxylic acids is 1. The zero-order chi connectivity index (χ0) is 25.9. The fraction of sp³-hybridized carbons (Fsp3) is 0.519. The van der Waals surface area contributed by atoms with Crippen LogP contribution < -0.4 is 10.5 Å². The highest BCUT2D eigenvalue weighted by Gasteiger charge is 2.62. The predicted octanol–water partition coefficient (Wildman–Crippen LogP) is 5.65. The lowest BCUT2D eigenvalue weighted by Crippen LogP contribution is -2.60. The van der Waals surface area contributed by atoms with Crippen LogP contribution in [-0.4, -0.2) is 43.4 Å². The number of benzene rings is 2. The number of hydrogen-bond acceptors (Lipinski definition) is 4. The van der Waals surface area contributed by atoms with Crippen LogP contribution >= 0.6 is 0 Å². The summed E-state index contributed by atoms with van der Waals surface area (Å²) in [5.41, 5.74) is 7.20. The minimum absolute atomic E-state index is 0.0890. The van der Waals surface area contributed by atoms with Crippen LogP contribution in [0.3, 0.4) is 0 Å². The van der Waals surface area contributed by atoms with Crippen molar-refractivity contribution in [3.63, 3.8) is 0 Å². The molecular formula is C27H30F4N2O3. The molecule has 3 aliphatic heterocycles. The second-order valence-corrected chi connectivity index (χ2v) is 10.9. The molecule has 4 aliphatic rings. The first-order valence-corrected chi connectivity index (χ1v) is 12.2. The van der Waals surface area contributed by atoms with Crippen LogP contribution in [0.2, 0.25) is 0 Å². The Kier molecular flexibility index (Phi) is 5.97. The molecule has 0 saturated carbocycles. The van der Waals surface area contributed by atoms with Crippen molar-refractivity contribution >= 4 is 6.09 Å². The molecule has 3 fully saturated rings. The summed E-state index contributed by atoms with van der Waals surface area (Å²) in [6, 6.07) is 9.21. The van der Waals surface area contributed by atoms with Gasteiger partial charge < -0.3 is 20.1 Å². The lowest BCUT2D eigenvalue weighted by atomic mass is 9.60. The summed E-state index contributed by atoms with van der Waals surface area (Å²) < 4.78 is 63.0. The molecule has 2 atom stereocenters. The van der Waals surface area contributed by atoms with E-state index in [0.29, 0.717) is 23.5 Å². The third-order valence-corrected chi connectivity index (χ3v) is 8.19. The highest BCUT2D eigenvalue weighted by Crippen LogP contribution is 2.60. The molecule has 3 heterocycles. The van der Waals surface area contributed by atoms with Crippen molar-refractivity contribution in [2.24, 2.45) is 23.0 Å². The van der Waals surface area contributed by atoms with Crippen LogP contribution in [-0.2, 0) is 16.8 Å². The van der Waals surface area contributed by atoms with E-state index in [1.807, 2.05) is 12.1 Å². The highest BCUT2D eigenvalue weighted by atomic mass is 19.4. The van der Waals surface area contributed by atoms with Gasteiger partial charge in [0.05, 0.1) is 0 Å². The van der Waals surface area contributed by atoms with E-state index in [0.717, 1.165) is 49.7 Å². The van der Waals surface area contributed by atoms with Gasteiger partial charge >= 0.3 is 12.3 Å². The Hall–Kier alpha value is -2.81. The number of ether oxygens (including phenoxy) is 2. The number of alkyl halides is 3. The minimum Gasteiger partial charge on any atom is -0.484 e. The number of primary amides is 1. The molecule has 194 valence electrons. The summed E-state index contributed by atoms with van der Waals surface area (Å²) in [4.78, 5) is 14.7. The molecule has 2 bridgehead atoms. The quantitative estimate of drug-likeness (QED) is 0.533. The molecule has 6 rings (SSSR count). The SMILES string of the molecule is CC1(C)Cc2cc(-c3cc(F)cc(OCC(F)(F)F)c3)ccc2[C@@]1(OC(N)=O)[C@@H]1CN2CCC1CC2. The summed E-state index contributed by atoms with van der Waals surface area (Å²) in [7, 11) is 0. The molecule has 2 N–H and O–H groups in total. The van der Waals surface area contributed by atoms with Gasteiger partial charge in [-0.2, -0.15) is 13.2 Å². The molecule has 5 nitrogen and oxygen atoms in total. The van der Waals surface area contributed by atoms with Crippen molar-refractivity contribution in [1.29, 1.82) is 0 Å². The van der Waals surface area contributed by atoms with E-state index in [-0.39, 0.29) is 11.7 Å². The monoisotopic (exact) mass is 506 g/mol. The van der Waals surface area contributed by atoms with Crippen molar-refractivity contribution in [2.45, 2.75) is 44.9 Å². The maximum atomic E-state index is 14.3. The number of rotatable bonds is 5. The molecule has 0 radical (unpaired) electrons. The Balaban J connectivity index is 1.55. The molecule has 0 unspecified atom stereocenters. The van der Waals surface area contributed by atoms with E-state index in [2.05, 4.69) is 18.7 Å². The van der Waals surface area contributed by atoms with Gasteiger partial charge in [0.2, 0.25) is 0 Å². The summed E-state index contributed by atoms with van der Waals surface area (Å²) in [5, 5.41) is 0. The lowest BCUT2D eigenvalue weighted by molar-refractivity contribution is -0.157. The van der Waals surface area contributed by atoms with Gasteiger partial charge in [0.1, 0.15) is 17.2 Å². The van der Waals surface area contributed by atoms with Gasteiger partial charge in [-0.15, -0.1) is 0 Å². The van der Waals surface area contributed by atoms with Gasteiger partial charge in [-0.1, -0.05) is 32.0 Å². The van der Waals surface area contributed by atoms with E-state index >= 15 is 0 Å². The van der Waals surface area contributed by atoms with Crippen molar-refractivity contribution in [3.05, 3.63) is 53.3 Å². The first-order valence-electron chi connectivity index (χ1n) is 12.2. The van der Waals surface area contributed by atoms with E-state index < -0.39 is 35.7 Å². The Morgan fingerprint density at radius 3 is 2.44 bits per heavy atom. The number of piperidine rings is 3. The van der Waals surface area contributed by atoms with E-state index in [4.69, 9.17) is 15.2 Å². The molecule has 36 heavy (non-hydrogen) atoms. The van der Waals surface area contributed by atoms with Crippen LogP contribution in [0.5, 0.6) is 5.75 Å². The molecule has 2 aromatic rings. The smallest absolute Gasteiger partial charge is 0.422 e. The number of hydrogen-bond donors (Lipinski definition) is 1. The first kappa shape index (κ1) is 24.9. The third kappa shape index (κ3) is 4.31. The van der Waals surface area contributed by atoms with Gasteiger partial charge in [-0.25, -0.2) is 9.18 Å². The van der Waals surface area contributed by atoms with Gasteiger partial charge in [-0.3, -0.25) is 0 Å². The number of nitrogens with zero attached hydrogens (tertiary/aromatic N) is 1. The molecule has 3 saturated heterocycles. The molecular weight excluding hydrogens is 476 g/mol. The first-order chi connectivity index (χ1) is 16.9.